The zero-order valence-electron chi connectivity index (χ0n) is 21.9. The number of hydrogen-bond acceptors (Lipinski definition) is 6. The number of fused-ring (bicyclic) bond motifs is 4. The number of carbonyl (C=O) groups is 3. The number of carbonyl (C=O) groups excluding carboxylic acids is 3. The van der Waals surface area contributed by atoms with Crippen LogP contribution in [0.5, 0.6) is 5.75 Å². The van der Waals surface area contributed by atoms with Crippen LogP contribution in [0.1, 0.15) is 56.8 Å². The molecule has 3 heterocycles. The van der Waals surface area contributed by atoms with Gasteiger partial charge in [-0.25, -0.2) is 0 Å². The van der Waals surface area contributed by atoms with Crippen LogP contribution in [0.15, 0.2) is 24.3 Å². The van der Waals surface area contributed by atoms with Crippen molar-refractivity contribution in [1.82, 2.24) is 20.4 Å². The summed E-state index contributed by atoms with van der Waals surface area (Å²) in [5.41, 5.74) is 0.358. The first-order valence-electron chi connectivity index (χ1n) is 13.0. The van der Waals surface area contributed by atoms with Gasteiger partial charge >= 0.3 is 0 Å². The maximum Gasteiger partial charge on any atom is 0.258 e. The highest BCUT2D eigenvalue weighted by Crippen LogP contribution is 2.26. The van der Waals surface area contributed by atoms with E-state index < -0.39 is 6.04 Å². The van der Waals surface area contributed by atoms with Crippen LogP contribution in [0.25, 0.3) is 0 Å². The lowest BCUT2D eigenvalue weighted by molar-refractivity contribution is -0.131. The summed E-state index contributed by atoms with van der Waals surface area (Å²) in [4.78, 5) is 43.3. The van der Waals surface area contributed by atoms with Crippen molar-refractivity contribution in [1.29, 1.82) is 0 Å². The topological polar surface area (TPSA) is 100 Å². The summed E-state index contributed by atoms with van der Waals surface area (Å²) in [5.74, 6) is 0.110. The van der Waals surface area contributed by atoms with Gasteiger partial charge in [0.2, 0.25) is 11.8 Å². The van der Waals surface area contributed by atoms with Crippen LogP contribution in [0.2, 0.25) is 0 Å². The van der Waals surface area contributed by atoms with Crippen LogP contribution < -0.4 is 15.4 Å². The minimum Gasteiger partial charge on any atom is -0.493 e. The molecule has 2 saturated heterocycles. The standard InChI is InChI=1S/C27H40N4O5/c1-27(2,3)15-24(32)29-20-10-9-18-11-14-35-22-8-6-5-7-19(22)26(34)31-13-12-30(4)17-21(31)25(33)28-16-23(20)36-18/h5-8,18,20-21,23H,9-17H2,1-4H3,(H,28,33)(H,29,32)/t18-,20+,21-,23+/m0/s1. The van der Waals surface area contributed by atoms with Crippen molar-refractivity contribution in [3.8, 4) is 5.75 Å². The van der Waals surface area contributed by atoms with Gasteiger partial charge in [0.15, 0.2) is 0 Å². The van der Waals surface area contributed by atoms with Crippen molar-refractivity contribution in [3.05, 3.63) is 29.8 Å². The number of para-hydroxylation sites is 1. The van der Waals surface area contributed by atoms with Crippen LogP contribution in [-0.2, 0) is 14.3 Å². The molecule has 3 aliphatic rings. The number of rotatable bonds is 2. The van der Waals surface area contributed by atoms with Gasteiger partial charge in [0, 0.05) is 39.0 Å². The Morgan fingerprint density at radius 2 is 1.92 bits per heavy atom. The van der Waals surface area contributed by atoms with Gasteiger partial charge in [-0.3, -0.25) is 14.4 Å². The van der Waals surface area contributed by atoms with E-state index in [1.807, 2.05) is 40.0 Å². The van der Waals surface area contributed by atoms with E-state index in [-0.39, 0.29) is 47.9 Å². The fourth-order valence-corrected chi connectivity index (χ4v) is 5.20. The van der Waals surface area contributed by atoms with Crippen LogP contribution in [0, 0.1) is 5.41 Å². The van der Waals surface area contributed by atoms with E-state index in [1.54, 1.807) is 17.0 Å². The normalized spacial score (nSPS) is 28.2. The van der Waals surface area contributed by atoms with E-state index in [0.29, 0.717) is 50.4 Å². The summed E-state index contributed by atoms with van der Waals surface area (Å²) in [6.07, 6.45) is 2.24. The minimum absolute atomic E-state index is 0.00843. The smallest absolute Gasteiger partial charge is 0.258 e. The third-order valence-corrected chi connectivity index (χ3v) is 7.09. The maximum absolute atomic E-state index is 13.6. The molecule has 198 valence electrons. The van der Waals surface area contributed by atoms with Gasteiger partial charge in [0.1, 0.15) is 11.8 Å². The fraction of sp³-hybridized carbons (Fsp3) is 0.667. The Hall–Kier alpha value is -2.65. The number of benzene rings is 1. The van der Waals surface area contributed by atoms with Crippen molar-refractivity contribution < 1.29 is 23.9 Å². The molecule has 0 aliphatic carbocycles. The first-order valence-corrected chi connectivity index (χ1v) is 13.0. The molecule has 0 saturated carbocycles. The van der Waals surface area contributed by atoms with Gasteiger partial charge in [0.05, 0.1) is 30.4 Å². The summed E-state index contributed by atoms with van der Waals surface area (Å²) in [7, 11) is 1.95. The molecule has 2 bridgehead atoms. The molecular formula is C27H40N4O5. The number of ether oxygens (including phenoxy) is 2. The number of piperazine rings is 1. The number of amides is 3. The Labute approximate surface area is 213 Å². The molecule has 1 aromatic rings. The van der Waals surface area contributed by atoms with Crippen molar-refractivity contribution in [2.24, 2.45) is 5.41 Å². The van der Waals surface area contributed by atoms with Crippen molar-refractivity contribution in [2.75, 3.05) is 39.8 Å². The van der Waals surface area contributed by atoms with Crippen molar-refractivity contribution in [3.63, 3.8) is 0 Å². The Bertz CT molecular complexity index is 962. The van der Waals surface area contributed by atoms with Gasteiger partial charge in [-0.05, 0) is 37.4 Å². The summed E-state index contributed by atoms with van der Waals surface area (Å²) in [5, 5.41) is 6.19. The highest BCUT2D eigenvalue weighted by molar-refractivity contribution is 6.00. The maximum atomic E-state index is 13.6. The first-order chi connectivity index (χ1) is 17.1. The Balaban J connectivity index is 1.56. The molecule has 0 unspecified atom stereocenters. The van der Waals surface area contributed by atoms with E-state index in [1.165, 1.54) is 0 Å². The van der Waals surface area contributed by atoms with Gasteiger partial charge < -0.3 is 29.9 Å². The zero-order chi connectivity index (χ0) is 25.9. The molecule has 2 N–H and O–H groups in total. The zero-order valence-corrected chi connectivity index (χ0v) is 21.9. The van der Waals surface area contributed by atoms with Crippen LogP contribution >= 0.6 is 0 Å². The molecule has 3 amide bonds. The Morgan fingerprint density at radius 1 is 1.14 bits per heavy atom. The lowest BCUT2D eigenvalue weighted by Crippen LogP contribution is -2.61. The molecule has 3 aliphatic heterocycles. The minimum atomic E-state index is -0.624. The Morgan fingerprint density at radius 3 is 2.69 bits per heavy atom. The molecule has 4 atom stereocenters. The average molecular weight is 501 g/mol. The molecule has 0 radical (unpaired) electrons. The van der Waals surface area contributed by atoms with Gasteiger partial charge in [-0.1, -0.05) is 32.9 Å². The SMILES string of the molecule is CN1CCN2C(=O)c3ccccc3OCC[C@@H]3CC[C@@H](NC(=O)CC(C)(C)C)[C@@H](CNC(=O)[C@@H]2C1)O3. The molecule has 1 aromatic carbocycles. The largest absolute Gasteiger partial charge is 0.493 e. The van der Waals surface area contributed by atoms with E-state index in [2.05, 4.69) is 15.5 Å². The molecule has 0 spiro atoms. The molecule has 36 heavy (non-hydrogen) atoms. The molecule has 9 heteroatoms. The van der Waals surface area contributed by atoms with Crippen LogP contribution in [0.3, 0.4) is 0 Å². The summed E-state index contributed by atoms with van der Waals surface area (Å²) < 4.78 is 12.4. The molecule has 0 aromatic heterocycles. The lowest BCUT2D eigenvalue weighted by Gasteiger charge is -2.41. The fourth-order valence-electron chi connectivity index (χ4n) is 5.20. The second-order valence-corrected chi connectivity index (χ2v) is 11.4. The number of likely N-dealkylation sites (N-methyl/N-ethyl adjacent to an activating group) is 1. The van der Waals surface area contributed by atoms with Gasteiger partial charge in [-0.15, -0.1) is 0 Å². The second kappa shape index (κ2) is 11.2. The summed E-state index contributed by atoms with van der Waals surface area (Å²) in [6.45, 7) is 8.39. The van der Waals surface area contributed by atoms with Crippen LogP contribution in [-0.4, -0.2) is 91.6 Å². The van der Waals surface area contributed by atoms with Crippen molar-refractivity contribution >= 4 is 17.7 Å². The number of nitrogens with zero attached hydrogens (tertiary/aromatic N) is 2. The second-order valence-electron chi connectivity index (χ2n) is 11.4. The van der Waals surface area contributed by atoms with E-state index in [0.717, 1.165) is 12.8 Å². The molecular weight excluding hydrogens is 460 g/mol. The monoisotopic (exact) mass is 500 g/mol. The lowest BCUT2D eigenvalue weighted by atomic mass is 9.91. The first kappa shape index (κ1) is 26.4. The van der Waals surface area contributed by atoms with E-state index >= 15 is 0 Å². The third kappa shape index (κ3) is 6.56. The molecule has 2 fully saturated rings. The van der Waals surface area contributed by atoms with Gasteiger partial charge in [0.25, 0.3) is 5.91 Å². The van der Waals surface area contributed by atoms with E-state index in [4.69, 9.17) is 9.47 Å². The Kier molecular flexibility index (Phi) is 8.20. The highest BCUT2D eigenvalue weighted by atomic mass is 16.5. The number of hydrogen-bond donors (Lipinski definition) is 2. The molecule has 9 nitrogen and oxygen atoms in total. The van der Waals surface area contributed by atoms with E-state index in [9.17, 15) is 14.4 Å². The summed E-state index contributed by atoms with van der Waals surface area (Å²) >= 11 is 0. The predicted molar refractivity (Wildman–Crippen MR) is 136 cm³/mol. The third-order valence-electron chi connectivity index (χ3n) is 7.09. The molecule has 4 rings (SSSR count). The highest BCUT2D eigenvalue weighted by Gasteiger charge is 2.38. The average Bonchev–Trinajstić information content (AvgIpc) is 2.82. The number of nitrogens with one attached hydrogen (secondary N) is 2. The quantitative estimate of drug-likeness (QED) is 0.643. The van der Waals surface area contributed by atoms with Crippen LogP contribution in [0.4, 0.5) is 0 Å². The van der Waals surface area contributed by atoms with Crippen molar-refractivity contribution in [2.45, 2.75) is 70.7 Å². The van der Waals surface area contributed by atoms with Gasteiger partial charge in [-0.2, -0.15) is 0 Å². The summed E-state index contributed by atoms with van der Waals surface area (Å²) in [6, 6.07) is 6.42. The predicted octanol–water partition coefficient (Wildman–Crippen LogP) is 1.81.